The van der Waals surface area contributed by atoms with E-state index in [0.29, 0.717) is 5.25 Å². The average molecular weight is 171 g/mol. The molecule has 11 heavy (non-hydrogen) atoms. The van der Waals surface area contributed by atoms with Crippen molar-refractivity contribution in [2.45, 2.75) is 11.0 Å². The molecular weight excluding hydrogens is 162 g/mol. The zero-order valence-electron chi connectivity index (χ0n) is 5.99. The predicted octanol–water partition coefficient (Wildman–Crippen LogP) is 0.437. The normalized spacial score (nSPS) is 18.2. The second-order valence-electron chi connectivity index (χ2n) is 2.40. The highest BCUT2D eigenvalue weighted by Crippen LogP contribution is 2.21. The van der Waals surface area contributed by atoms with Crippen LogP contribution >= 0.6 is 11.8 Å². The largest absolute Gasteiger partial charge is 0.379 e. The number of rotatable bonds is 3. The molecule has 1 aromatic heterocycles. The first kappa shape index (κ1) is 7.12. The van der Waals surface area contributed by atoms with Gasteiger partial charge >= 0.3 is 0 Å². The van der Waals surface area contributed by atoms with Crippen molar-refractivity contribution in [1.82, 2.24) is 15.2 Å². The van der Waals surface area contributed by atoms with Crippen molar-refractivity contribution in [2.75, 3.05) is 13.2 Å². The fraction of sp³-hybridized carbons (Fsp3) is 0.667. The third-order valence-electron chi connectivity index (χ3n) is 1.53. The van der Waals surface area contributed by atoms with Gasteiger partial charge in [0.2, 0.25) is 0 Å². The molecule has 0 radical (unpaired) electrons. The molecule has 0 aromatic carbocycles. The first-order chi connectivity index (χ1) is 5.45. The molecule has 0 atom stereocenters. The molecule has 4 nitrogen and oxygen atoms in total. The van der Waals surface area contributed by atoms with Crippen molar-refractivity contribution < 1.29 is 4.74 Å². The standard InChI is InChI=1S/C6H9N3OS/c1-5(2-10-1)11-3-6-7-4-8-9-6/h4-5H,1-3H2,(H,7,8,9). The van der Waals surface area contributed by atoms with Gasteiger partial charge in [-0.1, -0.05) is 0 Å². The Labute approximate surface area is 68.7 Å². The fourth-order valence-electron chi connectivity index (χ4n) is 0.807. The molecule has 1 N–H and O–H groups in total. The summed E-state index contributed by atoms with van der Waals surface area (Å²) in [6.07, 6.45) is 1.53. The molecule has 0 unspecified atom stereocenters. The van der Waals surface area contributed by atoms with Gasteiger partial charge in [0, 0.05) is 0 Å². The van der Waals surface area contributed by atoms with Crippen LogP contribution < -0.4 is 0 Å². The van der Waals surface area contributed by atoms with E-state index >= 15 is 0 Å². The van der Waals surface area contributed by atoms with E-state index in [9.17, 15) is 0 Å². The topological polar surface area (TPSA) is 50.8 Å². The summed E-state index contributed by atoms with van der Waals surface area (Å²) in [5.41, 5.74) is 0. The SMILES string of the molecule is c1n[nH]c(CSC2COC2)n1. The molecule has 0 bridgehead atoms. The van der Waals surface area contributed by atoms with Gasteiger partial charge in [-0.2, -0.15) is 5.10 Å². The van der Waals surface area contributed by atoms with E-state index in [1.807, 2.05) is 11.8 Å². The maximum Gasteiger partial charge on any atom is 0.137 e. The minimum Gasteiger partial charge on any atom is -0.379 e. The van der Waals surface area contributed by atoms with Crippen molar-refractivity contribution in [3.8, 4) is 0 Å². The van der Waals surface area contributed by atoms with Gasteiger partial charge in [-0.3, -0.25) is 5.10 Å². The summed E-state index contributed by atoms with van der Waals surface area (Å²) < 4.78 is 5.04. The Kier molecular flexibility index (Phi) is 2.09. The zero-order chi connectivity index (χ0) is 7.52. The number of aromatic nitrogens is 3. The summed E-state index contributed by atoms with van der Waals surface area (Å²) in [4.78, 5) is 4.02. The van der Waals surface area contributed by atoms with Crippen LogP contribution in [0.4, 0.5) is 0 Å². The average Bonchev–Trinajstić information content (AvgIpc) is 2.36. The molecule has 0 saturated carbocycles. The first-order valence-corrected chi connectivity index (χ1v) is 4.53. The summed E-state index contributed by atoms with van der Waals surface area (Å²) in [5, 5.41) is 7.25. The summed E-state index contributed by atoms with van der Waals surface area (Å²) in [6.45, 7) is 1.78. The lowest BCUT2D eigenvalue weighted by Gasteiger charge is -2.24. The lowest BCUT2D eigenvalue weighted by Crippen LogP contribution is -2.30. The van der Waals surface area contributed by atoms with E-state index in [1.165, 1.54) is 6.33 Å². The molecule has 1 fully saturated rings. The molecule has 60 valence electrons. The van der Waals surface area contributed by atoms with Crippen LogP contribution in [0.3, 0.4) is 0 Å². The quantitative estimate of drug-likeness (QED) is 0.716. The van der Waals surface area contributed by atoms with Crippen LogP contribution in [0.1, 0.15) is 5.82 Å². The van der Waals surface area contributed by atoms with Gasteiger partial charge in [-0.05, 0) is 0 Å². The fourth-order valence-corrected chi connectivity index (χ4v) is 1.72. The van der Waals surface area contributed by atoms with E-state index in [2.05, 4.69) is 15.2 Å². The first-order valence-electron chi connectivity index (χ1n) is 3.49. The van der Waals surface area contributed by atoms with Gasteiger partial charge < -0.3 is 4.74 Å². The highest BCUT2D eigenvalue weighted by Gasteiger charge is 2.18. The Morgan fingerprint density at radius 3 is 3.18 bits per heavy atom. The molecule has 0 amide bonds. The van der Waals surface area contributed by atoms with Crippen LogP contribution in [-0.2, 0) is 10.5 Å². The van der Waals surface area contributed by atoms with Crippen molar-refractivity contribution in [3.05, 3.63) is 12.2 Å². The minimum absolute atomic E-state index is 0.667. The van der Waals surface area contributed by atoms with Crippen molar-refractivity contribution in [2.24, 2.45) is 0 Å². The second-order valence-corrected chi connectivity index (χ2v) is 3.69. The molecule has 2 heterocycles. The Morgan fingerprint density at radius 1 is 1.73 bits per heavy atom. The Hall–Kier alpha value is -0.550. The maximum absolute atomic E-state index is 5.04. The predicted molar refractivity (Wildman–Crippen MR) is 42.3 cm³/mol. The lowest BCUT2D eigenvalue weighted by molar-refractivity contribution is 0.0455. The summed E-state index contributed by atoms with van der Waals surface area (Å²) in [7, 11) is 0. The summed E-state index contributed by atoms with van der Waals surface area (Å²) in [5.74, 6) is 1.86. The highest BCUT2D eigenvalue weighted by molar-refractivity contribution is 7.99. The zero-order valence-corrected chi connectivity index (χ0v) is 6.80. The van der Waals surface area contributed by atoms with Gasteiger partial charge in [-0.25, -0.2) is 4.98 Å². The van der Waals surface area contributed by atoms with Crippen LogP contribution in [0.25, 0.3) is 0 Å². The number of thioether (sulfide) groups is 1. The third-order valence-corrected chi connectivity index (χ3v) is 2.71. The monoisotopic (exact) mass is 171 g/mol. The number of ether oxygens (including phenoxy) is 1. The number of H-pyrrole nitrogens is 1. The molecule has 5 heteroatoms. The molecule has 0 aliphatic carbocycles. The molecule has 1 saturated heterocycles. The number of hydrogen-bond acceptors (Lipinski definition) is 4. The van der Waals surface area contributed by atoms with E-state index in [1.54, 1.807) is 0 Å². The van der Waals surface area contributed by atoms with E-state index in [0.717, 1.165) is 24.8 Å². The van der Waals surface area contributed by atoms with Gasteiger partial charge in [0.1, 0.15) is 12.2 Å². The van der Waals surface area contributed by atoms with Crippen molar-refractivity contribution >= 4 is 11.8 Å². The van der Waals surface area contributed by atoms with Gasteiger partial charge in [0.05, 0.1) is 24.2 Å². The molecule has 1 aliphatic heterocycles. The van der Waals surface area contributed by atoms with Gasteiger partial charge in [0.25, 0.3) is 0 Å². The minimum atomic E-state index is 0.667. The van der Waals surface area contributed by atoms with Crippen molar-refractivity contribution in [3.63, 3.8) is 0 Å². The maximum atomic E-state index is 5.04. The number of nitrogens with one attached hydrogen (secondary N) is 1. The van der Waals surface area contributed by atoms with Gasteiger partial charge in [-0.15, -0.1) is 11.8 Å². The molecule has 1 aliphatic rings. The number of nitrogens with zero attached hydrogens (tertiary/aromatic N) is 2. The Bertz CT molecular complexity index is 210. The van der Waals surface area contributed by atoms with Crippen molar-refractivity contribution in [1.29, 1.82) is 0 Å². The molecular formula is C6H9N3OS. The Morgan fingerprint density at radius 2 is 2.64 bits per heavy atom. The second kappa shape index (κ2) is 3.23. The smallest absolute Gasteiger partial charge is 0.137 e. The lowest BCUT2D eigenvalue weighted by atomic mass is 10.4. The van der Waals surface area contributed by atoms with Crippen LogP contribution in [0.15, 0.2) is 6.33 Å². The van der Waals surface area contributed by atoms with Crippen LogP contribution in [0.5, 0.6) is 0 Å². The number of hydrogen-bond donors (Lipinski definition) is 1. The highest BCUT2D eigenvalue weighted by atomic mass is 32.2. The van der Waals surface area contributed by atoms with Gasteiger partial charge in [0.15, 0.2) is 0 Å². The summed E-state index contributed by atoms with van der Waals surface area (Å²) >= 11 is 1.86. The van der Waals surface area contributed by atoms with Crippen LogP contribution in [-0.4, -0.2) is 33.6 Å². The van der Waals surface area contributed by atoms with Crippen LogP contribution in [0.2, 0.25) is 0 Å². The van der Waals surface area contributed by atoms with E-state index in [4.69, 9.17) is 4.74 Å². The summed E-state index contributed by atoms with van der Waals surface area (Å²) in [6, 6.07) is 0. The third kappa shape index (κ3) is 1.72. The van der Waals surface area contributed by atoms with E-state index < -0.39 is 0 Å². The Balaban J connectivity index is 1.74. The molecule has 2 rings (SSSR count). The molecule has 1 aromatic rings. The number of aromatic amines is 1. The van der Waals surface area contributed by atoms with Crippen LogP contribution in [0, 0.1) is 0 Å². The van der Waals surface area contributed by atoms with E-state index in [-0.39, 0.29) is 0 Å². The molecule has 0 spiro atoms.